The van der Waals surface area contributed by atoms with E-state index in [9.17, 15) is 9.18 Å². The molecule has 0 aromatic carbocycles. The van der Waals surface area contributed by atoms with Crippen molar-refractivity contribution in [1.29, 1.82) is 0 Å². The Kier molecular flexibility index (Phi) is 7.13. The van der Waals surface area contributed by atoms with E-state index in [0.29, 0.717) is 13.1 Å². The van der Waals surface area contributed by atoms with Crippen LogP contribution in [0.25, 0.3) is 0 Å². The van der Waals surface area contributed by atoms with Gasteiger partial charge in [0, 0.05) is 25.3 Å². The number of hydrogen-bond acceptors (Lipinski definition) is 3. The first-order valence-electron chi connectivity index (χ1n) is 5.33. The lowest BCUT2D eigenvalue weighted by Crippen LogP contribution is -2.45. The minimum Gasteiger partial charge on any atom is -0.337 e. The molecule has 0 saturated carbocycles. The molecule has 0 bridgehead atoms. The Bertz CT molecular complexity index is 406. The summed E-state index contributed by atoms with van der Waals surface area (Å²) in [5, 5.41) is 0. The molecule has 2 N–H and O–H groups in total. The second kappa shape index (κ2) is 7.51. The molecule has 7 heteroatoms. The molecular weight excluding hydrogens is 280 g/mol. The summed E-state index contributed by atoms with van der Waals surface area (Å²) in [6.45, 7) is 1.15. The maximum Gasteiger partial charge on any atom is 0.256 e. The number of aromatic nitrogens is 1. The van der Waals surface area contributed by atoms with Gasteiger partial charge in [0.1, 0.15) is 0 Å². The van der Waals surface area contributed by atoms with Crippen molar-refractivity contribution in [2.75, 3.05) is 13.1 Å². The average molecular weight is 296 g/mol. The van der Waals surface area contributed by atoms with Gasteiger partial charge in [-0.2, -0.15) is 0 Å². The van der Waals surface area contributed by atoms with Gasteiger partial charge in [0.05, 0.1) is 11.8 Å². The molecule has 1 aromatic rings. The Balaban J connectivity index is 0.00000144. The molecule has 102 valence electrons. The summed E-state index contributed by atoms with van der Waals surface area (Å²) >= 11 is 0. The number of amides is 1. The van der Waals surface area contributed by atoms with Gasteiger partial charge in [-0.25, -0.2) is 4.39 Å². The van der Waals surface area contributed by atoms with E-state index < -0.39 is 5.82 Å². The van der Waals surface area contributed by atoms with Crippen molar-refractivity contribution >= 4 is 30.7 Å². The van der Waals surface area contributed by atoms with Crippen molar-refractivity contribution in [2.45, 2.75) is 18.9 Å². The highest BCUT2D eigenvalue weighted by Crippen LogP contribution is 2.14. The van der Waals surface area contributed by atoms with Crippen LogP contribution in [-0.2, 0) is 0 Å². The van der Waals surface area contributed by atoms with Crippen LogP contribution in [0.2, 0.25) is 0 Å². The van der Waals surface area contributed by atoms with Crippen molar-refractivity contribution in [3.05, 3.63) is 29.8 Å². The van der Waals surface area contributed by atoms with Crippen LogP contribution in [0, 0.1) is 5.82 Å². The Morgan fingerprint density at radius 1 is 1.50 bits per heavy atom. The SMILES string of the molecule is Cl.Cl.N[C@@H]1CCCN(C(=O)c2ccncc2F)C1. The molecule has 0 aliphatic carbocycles. The van der Waals surface area contributed by atoms with Crippen LogP contribution >= 0.6 is 24.8 Å². The van der Waals surface area contributed by atoms with Crippen LogP contribution in [0.4, 0.5) is 4.39 Å². The Morgan fingerprint density at radius 3 is 2.83 bits per heavy atom. The highest BCUT2D eigenvalue weighted by atomic mass is 35.5. The van der Waals surface area contributed by atoms with Crippen molar-refractivity contribution in [2.24, 2.45) is 5.73 Å². The average Bonchev–Trinajstić information content (AvgIpc) is 2.29. The normalized spacial score (nSPS) is 18.6. The molecule has 1 atom stereocenters. The number of pyridine rings is 1. The fourth-order valence-corrected chi connectivity index (χ4v) is 1.91. The van der Waals surface area contributed by atoms with Crippen molar-refractivity contribution in [1.82, 2.24) is 9.88 Å². The smallest absolute Gasteiger partial charge is 0.256 e. The monoisotopic (exact) mass is 295 g/mol. The maximum atomic E-state index is 13.4. The predicted molar refractivity (Wildman–Crippen MR) is 71.8 cm³/mol. The standard InChI is InChI=1S/C11H14FN3O.2ClH/c12-10-6-14-4-3-9(10)11(16)15-5-1-2-8(13)7-15;;/h3-4,6,8H,1-2,5,7,13H2;2*1H/t8-;;/m1../s1. The van der Waals surface area contributed by atoms with Gasteiger partial charge < -0.3 is 10.6 Å². The lowest BCUT2D eigenvalue weighted by atomic mass is 10.1. The fraction of sp³-hybridized carbons (Fsp3) is 0.455. The van der Waals surface area contributed by atoms with E-state index in [1.165, 1.54) is 12.3 Å². The number of nitrogens with zero attached hydrogens (tertiary/aromatic N) is 2. The van der Waals surface area contributed by atoms with Crippen molar-refractivity contribution in [3.8, 4) is 0 Å². The first-order chi connectivity index (χ1) is 7.68. The minimum absolute atomic E-state index is 0. The number of rotatable bonds is 1. The zero-order chi connectivity index (χ0) is 11.5. The van der Waals surface area contributed by atoms with Crippen LogP contribution in [0.3, 0.4) is 0 Å². The van der Waals surface area contributed by atoms with Crippen molar-refractivity contribution < 1.29 is 9.18 Å². The molecule has 1 saturated heterocycles. The van der Waals surface area contributed by atoms with Gasteiger partial charge in [-0.1, -0.05) is 0 Å². The molecule has 18 heavy (non-hydrogen) atoms. The first-order valence-corrected chi connectivity index (χ1v) is 5.33. The zero-order valence-corrected chi connectivity index (χ0v) is 11.3. The molecule has 0 spiro atoms. The second-order valence-electron chi connectivity index (χ2n) is 4.01. The molecule has 0 radical (unpaired) electrons. The summed E-state index contributed by atoms with van der Waals surface area (Å²) < 4.78 is 13.4. The number of piperidine rings is 1. The van der Waals surface area contributed by atoms with Crippen LogP contribution in [0.5, 0.6) is 0 Å². The van der Waals surface area contributed by atoms with Crippen LogP contribution in [0.1, 0.15) is 23.2 Å². The lowest BCUT2D eigenvalue weighted by Gasteiger charge is -2.30. The molecule has 1 aliphatic heterocycles. The second-order valence-corrected chi connectivity index (χ2v) is 4.01. The summed E-state index contributed by atoms with van der Waals surface area (Å²) in [7, 11) is 0. The van der Waals surface area contributed by atoms with Gasteiger partial charge >= 0.3 is 0 Å². The van der Waals surface area contributed by atoms with E-state index in [4.69, 9.17) is 5.73 Å². The van der Waals surface area contributed by atoms with E-state index in [0.717, 1.165) is 19.0 Å². The molecule has 1 aliphatic rings. The third kappa shape index (κ3) is 3.80. The van der Waals surface area contributed by atoms with E-state index >= 15 is 0 Å². The van der Waals surface area contributed by atoms with Crippen LogP contribution in [0.15, 0.2) is 18.5 Å². The summed E-state index contributed by atoms with van der Waals surface area (Å²) in [5.74, 6) is -0.873. The number of halogens is 3. The molecule has 0 unspecified atom stereocenters. The number of nitrogens with two attached hydrogens (primary N) is 1. The van der Waals surface area contributed by atoms with E-state index in [1.54, 1.807) is 4.90 Å². The van der Waals surface area contributed by atoms with Gasteiger partial charge in [0.15, 0.2) is 5.82 Å². The quantitative estimate of drug-likeness (QED) is 0.857. The Hall–Kier alpha value is -0.910. The Morgan fingerprint density at radius 2 is 2.22 bits per heavy atom. The maximum absolute atomic E-state index is 13.4. The molecule has 1 fully saturated rings. The van der Waals surface area contributed by atoms with Gasteiger partial charge in [0.2, 0.25) is 0 Å². The highest BCUT2D eigenvalue weighted by Gasteiger charge is 2.23. The van der Waals surface area contributed by atoms with E-state index in [-0.39, 0.29) is 42.3 Å². The minimum atomic E-state index is -0.577. The van der Waals surface area contributed by atoms with Gasteiger partial charge in [0.25, 0.3) is 5.91 Å². The van der Waals surface area contributed by atoms with E-state index in [2.05, 4.69) is 4.98 Å². The summed E-state index contributed by atoms with van der Waals surface area (Å²) in [6, 6.07) is 1.40. The first kappa shape index (κ1) is 17.1. The third-order valence-corrected chi connectivity index (χ3v) is 2.75. The molecular formula is C11H16Cl2FN3O. The molecule has 2 heterocycles. The van der Waals surface area contributed by atoms with Crippen LogP contribution in [-0.4, -0.2) is 34.9 Å². The number of carbonyl (C=O) groups is 1. The number of carbonyl (C=O) groups excluding carboxylic acids is 1. The van der Waals surface area contributed by atoms with Gasteiger partial charge in [-0.3, -0.25) is 9.78 Å². The summed E-state index contributed by atoms with van der Waals surface area (Å²) in [5.41, 5.74) is 5.85. The highest BCUT2D eigenvalue weighted by molar-refractivity contribution is 5.94. The lowest BCUT2D eigenvalue weighted by molar-refractivity contribution is 0.0704. The van der Waals surface area contributed by atoms with Gasteiger partial charge in [-0.15, -0.1) is 24.8 Å². The van der Waals surface area contributed by atoms with E-state index in [1.807, 2.05) is 0 Å². The molecule has 2 rings (SSSR count). The topological polar surface area (TPSA) is 59.2 Å². The molecule has 1 aromatic heterocycles. The van der Waals surface area contributed by atoms with Crippen molar-refractivity contribution in [3.63, 3.8) is 0 Å². The fourth-order valence-electron chi connectivity index (χ4n) is 1.91. The van der Waals surface area contributed by atoms with Gasteiger partial charge in [-0.05, 0) is 18.9 Å². The number of hydrogen-bond donors (Lipinski definition) is 1. The van der Waals surface area contributed by atoms with Crippen LogP contribution < -0.4 is 5.73 Å². The largest absolute Gasteiger partial charge is 0.337 e. The molecule has 4 nitrogen and oxygen atoms in total. The summed E-state index contributed by atoms with van der Waals surface area (Å²) in [6.07, 6.45) is 4.26. The molecule has 1 amide bonds. The Labute approximate surface area is 118 Å². The summed E-state index contributed by atoms with van der Waals surface area (Å²) in [4.78, 5) is 17.2. The zero-order valence-electron chi connectivity index (χ0n) is 9.71. The predicted octanol–water partition coefficient (Wildman–Crippen LogP) is 1.63. The number of likely N-dealkylation sites (tertiary alicyclic amines) is 1. The third-order valence-electron chi connectivity index (χ3n) is 2.75.